The van der Waals surface area contributed by atoms with Gasteiger partial charge >= 0.3 is 0 Å². The van der Waals surface area contributed by atoms with Crippen molar-refractivity contribution in [3.05, 3.63) is 18.0 Å². The monoisotopic (exact) mass is 291 g/mol. The second-order valence-corrected chi connectivity index (χ2v) is 6.08. The molecule has 0 aliphatic heterocycles. The summed E-state index contributed by atoms with van der Waals surface area (Å²) in [7, 11) is 3.96. The maximum atomic E-state index is 5.34. The Hall–Kier alpha value is -1.29. The summed E-state index contributed by atoms with van der Waals surface area (Å²) >= 11 is 0. The fraction of sp³-hybridized carbons (Fsp3) is 0.706. The van der Waals surface area contributed by atoms with Crippen LogP contribution >= 0.6 is 0 Å². The van der Waals surface area contributed by atoms with Crippen LogP contribution < -0.4 is 10.1 Å². The number of hydrogen-bond acceptors (Lipinski definition) is 4. The first-order valence-electron chi connectivity index (χ1n) is 8.15. The number of methoxy groups -OCH3 is 1. The summed E-state index contributed by atoms with van der Waals surface area (Å²) in [6.45, 7) is 4.13. The predicted molar refractivity (Wildman–Crippen MR) is 88.1 cm³/mol. The Kier molecular flexibility index (Phi) is 6.30. The van der Waals surface area contributed by atoms with Gasteiger partial charge in [0, 0.05) is 18.3 Å². The number of rotatable bonds is 7. The first kappa shape index (κ1) is 16.1. The number of pyridine rings is 1. The van der Waals surface area contributed by atoms with Crippen LogP contribution in [0.5, 0.6) is 5.75 Å². The van der Waals surface area contributed by atoms with Crippen molar-refractivity contribution in [2.75, 3.05) is 32.6 Å². The lowest BCUT2D eigenvalue weighted by Gasteiger charge is -2.31. The largest absolute Gasteiger partial charge is 0.493 e. The molecular formula is C17H29N3O. The lowest BCUT2D eigenvalue weighted by atomic mass is 9.94. The maximum absolute atomic E-state index is 5.34. The van der Waals surface area contributed by atoms with E-state index in [4.69, 9.17) is 4.74 Å². The van der Waals surface area contributed by atoms with Crippen molar-refractivity contribution in [1.82, 2.24) is 9.88 Å². The van der Waals surface area contributed by atoms with E-state index in [1.807, 2.05) is 13.0 Å². The molecule has 1 N–H and O–H groups in total. The lowest BCUT2D eigenvalue weighted by molar-refractivity contribution is 0.191. The summed E-state index contributed by atoms with van der Waals surface area (Å²) in [6.07, 6.45) is 9.92. The number of nitrogens with one attached hydrogen (secondary N) is 1. The number of anilines is 1. The van der Waals surface area contributed by atoms with E-state index in [9.17, 15) is 0 Å². The van der Waals surface area contributed by atoms with Crippen LogP contribution in [0.25, 0.3) is 0 Å². The third kappa shape index (κ3) is 4.88. The fourth-order valence-electron chi connectivity index (χ4n) is 3.10. The van der Waals surface area contributed by atoms with E-state index in [0.29, 0.717) is 0 Å². The summed E-state index contributed by atoms with van der Waals surface area (Å²) < 4.78 is 5.34. The number of aryl methyl sites for hydroxylation is 1. The van der Waals surface area contributed by atoms with Gasteiger partial charge in [-0.05, 0) is 45.8 Å². The van der Waals surface area contributed by atoms with Crippen LogP contribution in [0.3, 0.4) is 0 Å². The molecule has 0 atom stereocenters. The number of aromatic nitrogens is 1. The molecule has 0 saturated heterocycles. The van der Waals surface area contributed by atoms with Crippen LogP contribution in [0.2, 0.25) is 0 Å². The maximum Gasteiger partial charge on any atom is 0.160 e. The molecule has 0 bridgehead atoms. The fourth-order valence-corrected chi connectivity index (χ4v) is 3.10. The van der Waals surface area contributed by atoms with Crippen molar-refractivity contribution < 1.29 is 4.74 Å². The Morgan fingerprint density at radius 2 is 2.10 bits per heavy atom. The van der Waals surface area contributed by atoms with Crippen molar-refractivity contribution in [3.8, 4) is 5.75 Å². The molecule has 1 aromatic rings. The minimum Gasteiger partial charge on any atom is -0.493 e. The highest BCUT2D eigenvalue weighted by atomic mass is 16.5. The molecule has 4 nitrogen and oxygen atoms in total. The summed E-state index contributed by atoms with van der Waals surface area (Å²) in [6, 6.07) is 2.85. The van der Waals surface area contributed by atoms with Crippen molar-refractivity contribution in [2.24, 2.45) is 0 Å². The SMILES string of the molecule is COc1cnc(C)cc1NCCCN(C)C1CCCCC1. The Bertz CT molecular complexity index is 430. The number of ether oxygens (including phenoxy) is 1. The van der Waals surface area contributed by atoms with Crippen molar-refractivity contribution in [3.63, 3.8) is 0 Å². The molecule has 4 heteroatoms. The summed E-state index contributed by atoms with van der Waals surface area (Å²) in [5.74, 6) is 0.821. The van der Waals surface area contributed by atoms with Gasteiger partial charge < -0.3 is 15.0 Å². The Labute approximate surface area is 128 Å². The molecule has 1 fully saturated rings. The van der Waals surface area contributed by atoms with Crippen molar-refractivity contribution in [1.29, 1.82) is 0 Å². The average Bonchev–Trinajstić information content (AvgIpc) is 2.52. The highest BCUT2D eigenvalue weighted by Gasteiger charge is 2.17. The minimum absolute atomic E-state index is 0.802. The molecule has 1 heterocycles. The zero-order valence-corrected chi connectivity index (χ0v) is 13.7. The van der Waals surface area contributed by atoms with Gasteiger partial charge in [-0.25, -0.2) is 0 Å². The van der Waals surface area contributed by atoms with Gasteiger partial charge in [0.05, 0.1) is 19.0 Å². The summed E-state index contributed by atoms with van der Waals surface area (Å²) in [5, 5.41) is 3.47. The van der Waals surface area contributed by atoms with Crippen LogP contribution in [0.15, 0.2) is 12.3 Å². The lowest BCUT2D eigenvalue weighted by Crippen LogP contribution is -2.34. The quantitative estimate of drug-likeness (QED) is 0.781. The average molecular weight is 291 g/mol. The summed E-state index contributed by atoms with van der Waals surface area (Å²) in [4.78, 5) is 6.79. The number of nitrogens with zero attached hydrogens (tertiary/aromatic N) is 2. The second kappa shape index (κ2) is 8.23. The molecule has 118 valence electrons. The molecule has 1 aliphatic carbocycles. The van der Waals surface area contributed by atoms with Gasteiger partial charge in [-0.3, -0.25) is 4.98 Å². The topological polar surface area (TPSA) is 37.4 Å². The standard InChI is InChI=1S/C17H29N3O/c1-14-12-16(17(21-3)13-19-14)18-10-7-11-20(2)15-8-5-4-6-9-15/h12-13,15H,4-11H2,1-3H3,(H,18,19). The van der Waals surface area contributed by atoms with Crippen LogP contribution in [-0.4, -0.2) is 43.2 Å². The molecule has 0 amide bonds. The molecule has 0 aromatic carbocycles. The molecule has 21 heavy (non-hydrogen) atoms. The van der Waals surface area contributed by atoms with Crippen molar-refractivity contribution in [2.45, 2.75) is 51.5 Å². The first-order chi connectivity index (χ1) is 10.2. The molecule has 2 rings (SSSR count). The van der Waals surface area contributed by atoms with Gasteiger partial charge in [0.2, 0.25) is 0 Å². The van der Waals surface area contributed by atoms with Crippen LogP contribution in [0, 0.1) is 6.92 Å². The van der Waals surface area contributed by atoms with Crippen LogP contribution in [-0.2, 0) is 0 Å². The Morgan fingerprint density at radius 1 is 1.33 bits per heavy atom. The van der Waals surface area contributed by atoms with Crippen molar-refractivity contribution >= 4 is 5.69 Å². The minimum atomic E-state index is 0.802. The molecule has 0 unspecified atom stereocenters. The van der Waals surface area contributed by atoms with E-state index in [1.165, 1.54) is 32.1 Å². The van der Waals surface area contributed by atoms with Gasteiger partial charge in [-0.15, -0.1) is 0 Å². The number of hydrogen-bond donors (Lipinski definition) is 1. The van der Waals surface area contributed by atoms with Gasteiger partial charge in [-0.2, -0.15) is 0 Å². The molecule has 1 saturated carbocycles. The van der Waals surface area contributed by atoms with E-state index in [-0.39, 0.29) is 0 Å². The Morgan fingerprint density at radius 3 is 2.81 bits per heavy atom. The first-order valence-corrected chi connectivity index (χ1v) is 8.15. The highest BCUT2D eigenvalue weighted by molar-refractivity contribution is 5.55. The van der Waals surface area contributed by atoms with Gasteiger partial charge in [0.25, 0.3) is 0 Å². The third-order valence-electron chi connectivity index (χ3n) is 4.43. The van der Waals surface area contributed by atoms with E-state index in [2.05, 4.69) is 22.2 Å². The van der Waals surface area contributed by atoms with Gasteiger partial charge in [0.15, 0.2) is 5.75 Å². The van der Waals surface area contributed by atoms with Crippen LogP contribution in [0.4, 0.5) is 5.69 Å². The zero-order valence-electron chi connectivity index (χ0n) is 13.7. The van der Waals surface area contributed by atoms with E-state index in [0.717, 1.165) is 42.7 Å². The van der Waals surface area contributed by atoms with E-state index < -0.39 is 0 Å². The molecular weight excluding hydrogens is 262 g/mol. The zero-order chi connectivity index (χ0) is 15.1. The third-order valence-corrected chi connectivity index (χ3v) is 4.43. The van der Waals surface area contributed by atoms with E-state index in [1.54, 1.807) is 13.3 Å². The Balaban J connectivity index is 1.73. The van der Waals surface area contributed by atoms with E-state index >= 15 is 0 Å². The van der Waals surface area contributed by atoms with Crippen LogP contribution in [0.1, 0.15) is 44.2 Å². The molecule has 0 radical (unpaired) electrons. The summed E-state index contributed by atoms with van der Waals surface area (Å²) in [5.41, 5.74) is 2.06. The highest BCUT2D eigenvalue weighted by Crippen LogP contribution is 2.24. The molecule has 0 spiro atoms. The predicted octanol–water partition coefficient (Wildman–Crippen LogP) is 3.47. The van der Waals surface area contributed by atoms with Gasteiger partial charge in [-0.1, -0.05) is 19.3 Å². The van der Waals surface area contributed by atoms with Gasteiger partial charge in [0.1, 0.15) is 0 Å². The smallest absolute Gasteiger partial charge is 0.160 e. The molecule has 1 aromatic heterocycles. The molecule has 1 aliphatic rings. The second-order valence-electron chi connectivity index (χ2n) is 6.08. The normalized spacial score (nSPS) is 16.2.